The number of ether oxygens (including phenoxy) is 2. The third kappa shape index (κ3) is 6.73. The molecule has 0 saturated carbocycles. The predicted molar refractivity (Wildman–Crippen MR) is 193 cm³/mol. The number of fused-ring (bicyclic) bond motifs is 4. The van der Waals surface area contributed by atoms with Crippen LogP contribution in [0.2, 0.25) is 0 Å². The van der Waals surface area contributed by atoms with Gasteiger partial charge < -0.3 is 59.0 Å². The lowest BCUT2D eigenvalue weighted by Gasteiger charge is -2.34. The van der Waals surface area contributed by atoms with Crippen molar-refractivity contribution < 1.29 is 56.7 Å². The van der Waals surface area contributed by atoms with Crippen molar-refractivity contribution >= 4 is 49.9 Å². The monoisotopic (exact) mass is 840 g/mol. The van der Waals surface area contributed by atoms with Crippen LogP contribution in [-0.2, 0) is 36.7 Å². The van der Waals surface area contributed by atoms with Crippen molar-refractivity contribution in [2.75, 3.05) is 24.7 Å². The minimum atomic E-state index is -5.49. The van der Waals surface area contributed by atoms with Crippen molar-refractivity contribution in [1.29, 1.82) is 0 Å². The average Bonchev–Trinajstić information content (AvgIpc) is 3.91. The Kier molecular flexibility index (Phi) is 9.43. The van der Waals surface area contributed by atoms with Gasteiger partial charge in [0.05, 0.1) is 13.2 Å². The quantitative estimate of drug-likeness (QED) is 0.116. The number of nitrogen functional groups attached to an aromatic ring is 2. The van der Waals surface area contributed by atoms with Gasteiger partial charge >= 0.3 is 0 Å². The molecule has 10 atom stereocenters. The Morgan fingerprint density at radius 3 is 1.41 bits per heavy atom. The molecule has 3 aliphatic heterocycles. The molecule has 58 heavy (non-hydrogen) atoms. The largest absolute Gasteiger partial charge is 0.756 e. The number of nitrogens with one attached hydrogen (secondary N) is 2. The fraction of sp³-hybridized carbons (Fsp3) is 0.312. The Balaban J connectivity index is 1.06. The Labute approximate surface area is 323 Å². The molecule has 0 amide bonds. The number of aliphatic hydroxyl groups is 2. The smallest absolute Gasteiger partial charge is 0.280 e. The standard InChI is InChI=1S/C32H32N10O14P2/c33-31-37-25-17(27(45)39-31)35-23(13-7-3-1-4-8-13)41(25)29-19(43)21-15(53-29)11-51-58(49,50)56-22-16(12-52-57(47,48)55-21)54-30(20(22)44)42-24(14-9-5-2-6-10-14)36-18-26(42)38-32(34)40-28(18)46/h1-10,15-16,19-22,29-30,43-44H,11-12H2,(H,47,48)(H,49,50)(H3,33,37,39,45)(H3,34,38,40,46)/p-2/t15-,16-,19+,20?,21?,22+,29-,30-/m1/s1. The maximum atomic E-state index is 13.5. The molecule has 3 saturated heterocycles. The van der Waals surface area contributed by atoms with Crippen LogP contribution >= 0.6 is 15.6 Å². The number of nitrogens with two attached hydrogens (primary N) is 2. The number of benzene rings is 2. The zero-order chi connectivity index (χ0) is 40.7. The second kappa shape index (κ2) is 14.3. The molecule has 4 unspecified atom stereocenters. The summed E-state index contributed by atoms with van der Waals surface area (Å²) in [7, 11) is -11.0. The Morgan fingerprint density at radius 2 is 1.03 bits per heavy atom. The first-order valence-corrected chi connectivity index (χ1v) is 20.2. The van der Waals surface area contributed by atoms with E-state index in [2.05, 4.69) is 29.9 Å². The van der Waals surface area contributed by atoms with Crippen molar-refractivity contribution in [1.82, 2.24) is 39.0 Å². The number of hydrogen-bond donors (Lipinski definition) is 6. The molecule has 7 heterocycles. The number of aliphatic hydroxyl groups excluding tert-OH is 2. The predicted octanol–water partition coefficient (Wildman–Crippen LogP) is -0.978. The molecule has 4 aromatic heterocycles. The summed E-state index contributed by atoms with van der Waals surface area (Å²) in [5, 5.41) is 23.3. The van der Waals surface area contributed by atoms with Crippen LogP contribution in [0, 0.1) is 0 Å². The molecule has 26 heteroatoms. The van der Waals surface area contributed by atoms with E-state index >= 15 is 0 Å². The molecular formula is C32H30N10O14P2-2. The Bertz CT molecular complexity index is 2580. The SMILES string of the molecule is Nc1nc2c(nc(-c3ccccc3)n2[C@@H]2O[C@@H]3COP(=O)([O-])OC4[C@@H](COP(=O)([O-])O[C@@H]3C2O)O[C@@H](n2c(-c3ccccc3)nc3c(=O)[nH]c(N)nc32)[C@H]4O)c(=O)[nH]1. The van der Waals surface area contributed by atoms with Crippen LogP contribution in [0.5, 0.6) is 0 Å². The van der Waals surface area contributed by atoms with Crippen LogP contribution in [-0.4, -0.2) is 99.1 Å². The number of imidazole rings is 2. The topological polar surface area (TPSA) is 355 Å². The van der Waals surface area contributed by atoms with Gasteiger partial charge in [0.15, 0.2) is 34.8 Å². The molecule has 3 fully saturated rings. The summed E-state index contributed by atoms with van der Waals surface area (Å²) >= 11 is 0. The molecule has 0 radical (unpaired) electrons. The van der Waals surface area contributed by atoms with E-state index in [1.54, 1.807) is 60.7 Å². The summed E-state index contributed by atoms with van der Waals surface area (Å²) in [6, 6.07) is 16.6. The summed E-state index contributed by atoms with van der Waals surface area (Å²) in [6.45, 7) is -2.01. The highest BCUT2D eigenvalue weighted by Gasteiger charge is 2.52. The first kappa shape index (κ1) is 38.3. The molecule has 0 bridgehead atoms. The number of aromatic nitrogens is 8. The Morgan fingerprint density at radius 1 is 0.655 bits per heavy atom. The molecular weight excluding hydrogens is 810 g/mol. The average molecular weight is 841 g/mol. The lowest BCUT2D eigenvalue weighted by molar-refractivity contribution is -0.244. The third-order valence-electron chi connectivity index (χ3n) is 9.63. The summed E-state index contributed by atoms with van der Waals surface area (Å²) < 4.78 is 62.4. The maximum Gasteiger partial charge on any atom is 0.280 e. The van der Waals surface area contributed by atoms with Crippen LogP contribution < -0.4 is 32.4 Å². The zero-order valence-electron chi connectivity index (χ0n) is 29.3. The van der Waals surface area contributed by atoms with Crippen LogP contribution in [0.1, 0.15) is 12.5 Å². The molecule has 24 nitrogen and oxygen atoms in total. The summed E-state index contributed by atoms with van der Waals surface area (Å²) in [6.07, 6.45) is -14.3. The lowest BCUT2D eigenvalue weighted by Crippen LogP contribution is -2.41. The van der Waals surface area contributed by atoms with Gasteiger partial charge in [0, 0.05) is 11.1 Å². The van der Waals surface area contributed by atoms with Crippen LogP contribution in [0.15, 0.2) is 70.3 Å². The number of H-pyrrole nitrogens is 2. The normalized spacial score (nSPS) is 31.8. The molecule has 8 N–H and O–H groups in total. The fourth-order valence-electron chi connectivity index (χ4n) is 7.15. The first-order valence-electron chi connectivity index (χ1n) is 17.3. The summed E-state index contributed by atoms with van der Waals surface area (Å²) in [5.74, 6) is -0.555. The van der Waals surface area contributed by atoms with Crippen molar-refractivity contribution in [3.05, 3.63) is 81.4 Å². The molecule has 2 aromatic carbocycles. The van der Waals surface area contributed by atoms with Crippen LogP contribution in [0.4, 0.5) is 11.9 Å². The maximum absolute atomic E-state index is 13.5. The van der Waals surface area contributed by atoms with Gasteiger partial charge in [-0.2, -0.15) is 9.97 Å². The summed E-state index contributed by atoms with van der Waals surface area (Å²) in [5.41, 5.74) is 10.3. The number of hydrogen-bond acceptors (Lipinski definition) is 20. The van der Waals surface area contributed by atoms with Crippen molar-refractivity contribution in [2.24, 2.45) is 0 Å². The van der Waals surface area contributed by atoms with Gasteiger partial charge in [-0.1, -0.05) is 60.7 Å². The van der Waals surface area contributed by atoms with Crippen molar-refractivity contribution in [2.45, 2.75) is 49.1 Å². The van der Waals surface area contributed by atoms with E-state index in [0.29, 0.717) is 11.1 Å². The van der Waals surface area contributed by atoms with E-state index in [1.165, 1.54) is 9.13 Å². The number of anilines is 2. The Hall–Kier alpha value is -5.20. The van der Waals surface area contributed by atoms with E-state index in [9.17, 15) is 38.7 Å². The summed E-state index contributed by atoms with van der Waals surface area (Å²) in [4.78, 5) is 74.5. The van der Waals surface area contributed by atoms with E-state index in [4.69, 9.17) is 39.0 Å². The molecule has 6 aromatic rings. The van der Waals surface area contributed by atoms with Gasteiger partial charge in [-0.15, -0.1) is 0 Å². The third-order valence-corrected chi connectivity index (χ3v) is 11.6. The van der Waals surface area contributed by atoms with Gasteiger partial charge in [0.2, 0.25) is 11.9 Å². The van der Waals surface area contributed by atoms with Gasteiger partial charge in [-0.25, -0.2) is 9.97 Å². The van der Waals surface area contributed by atoms with Crippen molar-refractivity contribution in [3.8, 4) is 22.8 Å². The number of phosphoric acid groups is 2. The molecule has 304 valence electrons. The first-order chi connectivity index (χ1) is 27.7. The molecule has 0 spiro atoms. The van der Waals surface area contributed by atoms with E-state index in [1.807, 2.05) is 0 Å². The van der Waals surface area contributed by atoms with E-state index in [-0.39, 0.29) is 45.9 Å². The zero-order valence-corrected chi connectivity index (χ0v) is 31.1. The van der Waals surface area contributed by atoms with Gasteiger partial charge in [0.25, 0.3) is 26.8 Å². The lowest BCUT2D eigenvalue weighted by atomic mass is 10.1. The molecule has 9 rings (SSSR count). The van der Waals surface area contributed by atoms with Gasteiger partial charge in [0.1, 0.15) is 48.3 Å². The number of nitrogens with zero attached hydrogens (tertiary/aromatic N) is 6. The highest BCUT2D eigenvalue weighted by molar-refractivity contribution is 7.46. The highest BCUT2D eigenvalue weighted by atomic mass is 31.2. The fourth-order valence-corrected chi connectivity index (χ4v) is 9.05. The minimum Gasteiger partial charge on any atom is -0.756 e. The van der Waals surface area contributed by atoms with Crippen molar-refractivity contribution in [3.63, 3.8) is 0 Å². The highest BCUT2D eigenvalue weighted by Crippen LogP contribution is 2.51. The second-order valence-electron chi connectivity index (χ2n) is 13.3. The second-order valence-corrected chi connectivity index (χ2v) is 16.1. The van der Waals surface area contributed by atoms with Gasteiger partial charge in [-0.3, -0.25) is 37.8 Å². The van der Waals surface area contributed by atoms with E-state index in [0.717, 1.165) is 0 Å². The minimum absolute atomic E-state index is 0.0398. The molecule has 0 aliphatic carbocycles. The number of phosphoric ester groups is 2. The van der Waals surface area contributed by atoms with Gasteiger partial charge in [-0.05, 0) is 0 Å². The molecule has 3 aliphatic rings. The van der Waals surface area contributed by atoms with Crippen LogP contribution in [0.3, 0.4) is 0 Å². The number of rotatable bonds is 4. The number of aromatic amines is 2. The van der Waals surface area contributed by atoms with Crippen LogP contribution in [0.25, 0.3) is 45.1 Å². The van der Waals surface area contributed by atoms with E-state index < -0.39 is 89.1 Å².